The zero-order chi connectivity index (χ0) is 10.8. The molecule has 0 radical (unpaired) electrons. The maximum Gasteiger partial charge on any atom is 0.207 e. The Morgan fingerprint density at radius 2 is 2.33 bits per heavy atom. The van der Waals surface area contributed by atoms with Crippen LogP contribution >= 0.6 is 27.3 Å². The molecule has 3 nitrogen and oxygen atoms in total. The molecule has 0 atom stereocenters. The third kappa shape index (κ3) is 1.98. The van der Waals surface area contributed by atoms with Crippen LogP contribution in [0.1, 0.15) is 20.9 Å². The highest BCUT2D eigenvalue weighted by molar-refractivity contribution is 9.10. The molecule has 0 aromatic carbocycles. The predicted molar refractivity (Wildman–Crippen MR) is 62.2 cm³/mol. The lowest BCUT2D eigenvalue weighted by atomic mass is 10.1. The van der Waals surface area contributed by atoms with Crippen molar-refractivity contribution in [2.24, 2.45) is 0 Å². The Balaban J connectivity index is 2.46. The van der Waals surface area contributed by atoms with Crippen molar-refractivity contribution in [2.75, 3.05) is 0 Å². The summed E-state index contributed by atoms with van der Waals surface area (Å²) in [6.45, 7) is 1.80. The Labute approximate surface area is 99.3 Å². The van der Waals surface area contributed by atoms with Gasteiger partial charge in [0.25, 0.3) is 0 Å². The number of aryl methyl sites for hydroxylation is 1. The number of hydrogen-bond acceptors (Lipinski definition) is 4. The summed E-state index contributed by atoms with van der Waals surface area (Å²) >= 11 is 4.75. The van der Waals surface area contributed by atoms with E-state index in [0.717, 1.165) is 4.47 Å². The van der Waals surface area contributed by atoms with Gasteiger partial charge in [-0.2, -0.15) is 0 Å². The van der Waals surface area contributed by atoms with Crippen LogP contribution in [0.3, 0.4) is 0 Å². The molecule has 2 aromatic heterocycles. The first-order valence-corrected chi connectivity index (χ1v) is 5.91. The molecule has 0 spiro atoms. The molecule has 0 aliphatic carbocycles. The maximum atomic E-state index is 12.0. The van der Waals surface area contributed by atoms with Crippen LogP contribution in [-0.4, -0.2) is 15.8 Å². The van der Waals surface area contributed by atoms with Gasteiger partial charge in [0.1, 0.15) is 6.33 Å². The average molecular weight is 283 g/mol. The number of nitrogens with zero attached hydrogens (tertiary/aromatic N) is 2. The Morgan fingerprint density at radius 3 is 2.93 bits per heavy atom. The van der Waals surface area contributed by atoms with Gasteiger partial charge in [-0.05, 0) is 34.3 Å². The van der Waals surface area contributed by atoms with Crippen LogP contribution in [-0.2, 0) is 0 Å². The summed E-state index contributed by atoms with van der Waals surface area (Å²) in [4.78, 5) is 20.6. The zero-order valence-electron chi connectivity index (χ0n) is 7.90. The van der Waals surface area contributed by atoms with Gasteiger partial charge in [0.2, 0.25) is 5.78 Å². The number of ketones is 1. The van der Waals surface area contributed by atoms with Crippen molar-refractivity contribution in [1.82, 2.24) is 9.97 Å². The van der Waals surface area contributed by atoms with Gasteiger partial charge in [-0.15, -0.1) is 11.3 Å². The van der Waals surface area contributed by atoms with Crippen molar-refractivity contribution < 1.29 is 4.79 Å². The van der Waals surface area contributed by atoms with E-state index in [9.17, 15) is 4.79 Å². The summed E-state index contributed by atoms with van der Waals surface area (Å²) in [6.07, 6.45) is 2.99. The SMILES string of the molecule is Cc1ncncc1C(=O)c1sccc1Br. The molecule has 0 amide bonds. The molecule has 0 saturated heterocycles. The number of hydrogen-bond donors (Lipinski definition) is 0. The molecular weight excluding hydrogens is 276 g/mol. The van der Waals surface area contributed by atoms with E-state index in [1.165, 1.54) is 17.7 Å². The first-order valence-electron chi connectivity index (χ1n) is 4.24. The standard InChI is InChI=1S/C10H7BrN2OS/c1-6-7(4-12-5-13-6)9(14)10-8(11)2-3-15-10/h2-5H,1H3. The highest BCUT2D eigenvalue weighted by Crippen LogP contribution is 2.25. The normalized spacial score (nSPS) is 10.3. The fourth-order valence-electron chi connectivity index (χ4n) is 1.19. The van der Waals surface area contributed by atoms with Gasteiger partial charge in [-0.25, -0.2) is 9.97 Å². The molecular formula is C10H7BrN2OS. The number of aromatic nitrogens is 2. The monoisotopic (exact) mass is 282 g/mol. The summed E-state index contributed by atoms with van der Waals surface area (Å²) in [5.41, 5.74) is 1.26. The van der Waals surface area contributed by atoms with E-state index < -0.39 is 0 Å². The Morgan fingerprint density at radius 1 is 1.53 bits per heavy atom. The first kappa shape index (κ1) is 10.4. The highest BCUT2D eigenvalue weighted by atomic mass is 79.9. The van der Waals surface area contributed by atoms with Gasteiger partial charge in [0.05, 0.1) is 16.1 Å². The van der Waals surface area contributed by atoms with E-state index >= 15 is 0 Å². The minimum absolute atomic E-state index is 0.0324. The Bertz CT molecular complexity index is 510. The molecule has 0 unspecified atom stereocenters. The zero-order valence-corrected chi connectivity index (χ0v) is 10.3. The molecule has 15 heavy (non-hydrogen) atoms. The second-order valence-electron chi connectivity index (χ2n) is 2.95. The molecule has 76 valence electrons. The van der Waals surface area contributed by atoms with Crippen molar-refractivity contribution in [3.8, 4) is 0 Å². The fourth-order valence-corrected chi connectivity index (χ4v) is 2.70. The van der Waals surface area contributed by atoms with Crippen molar-refractivity contribution in [2.45, 2.75) is 6.92 Å². The maximum absolute atomic E-state index is 12.0. The number of thiophene rings is 1. The lowest BCUT2D eigenvalue weighted by Crippen LogP contribution is -2.04. The lowest BCUT2D eigenvalue weighted by molar-refractivity contribution is 0.104. The van der Waals surface area contributed by atoms with E-state index in [-0.39, 0.29) is 5.78 Å². The van der Waals surface area contributed by atoms with Gasteiger partial charge >= 0.3 is 0 Å². The Hall–Kier alpha value is -1.07. The van der Waals surface area contributed by atoms with Crippen LogP contribution in [0.2, 0.25) is 0 Å². The van der Waals surface area contributed by atoms with Gasteiger partial charge < -0.3 is 0 Å². The van der Waals surface area contributed by atoms with E-state index in [1.807, 2.05) is 11.4 Å². The predicted octanol–water partition coefficient (Wildman–Crippen LogP) is 2.84. The first-order chi connectivity index (χ1) is 7.20. The quantitative estimate of drug-likeness (QED) is 0.796. The smallest absolute Gasteiger partial charge is 0.207 e. The fraction of sp³-hybridized carbons (Fsp3) is 0.100. The molecule has 0 N–H and O–H groups in total. The van der Waals surface area contributed by atoms with Gasteiger partial charge in [-0.1, -0.05) is 0 Å². The Kier molecular flexibility index (Phi) is 2.93. The van der Waals surface area contributed by atoms with Crippen LogP contribution in [0.4, 0.5) is 0 Å². The van der Waals surface area contributed by atoms with Crippen molar-refractivity contribution in [3.63, 3.8) is 0 Å². The summed E-state index contributed by atoms with van der Waals surface area (Å²) in [5, 5.41) is 1.87. The van der Waals surface area contributed by atoms with E-state index in [1.54, 1.807) is 13.1 Å². The van der Waals surface area contributed by atoms with Gasteiger partial charge in [0.15, 0.2) is 0 Å². The molecule has 2 heterocycles. The second kappa shape index (κ2) is 4.20. The van der Waals surface area contributed by atoms with Crippen molar-refractivity contribution in [3.05, 3.63) is 44.6 Å². The molecule has 2 aromatic rings. The molecule has 0 saturated carbocycles. The molecule has 5 heteroatoms. The molecule has 2 rings (SSSR count). The molecule has 0 fully saturated rings. The van der Waals surface area contributed by atoms with Crippen LogP contribution in [0.5, 0.6) is 0 Å². The van der Waals surface area contributed by atoms with E-state index in [4.69, 9.17) is 0 Å². The van der Waals surface area contributed by atoms with Crippen LogP contribution < -0.4 is 0 Å². The third-order valence-corrected chi connectivity index (χ3v) is 3.82. The van der Waals surface area contributed by atoms with Crippen LogP contribution in [0.15, 0.2) is 28.4 Å². The molecule has 0 bridgehead atoms. The minimum Gasteiger partial charge on any atom is -0.288 e. The lowest BCUT2D eigenvalue weighted by Gasteiger charge is -2.01. The summed E-state index contributed by atoms with van der Waals surface area (Å²) < 4.78 is 0.820. The largest absolute Gasteiger partial charge is 0.288 e. The molecule has 0 aliphatic heterocycles. The number of rotatable bonds is 2. The average Bonchev–Trinajstić information content (AvgIpc) is 2.64. The molecule has 0 aliphatic rings. The minimum atomic E-state index is -0.0324. The van der Waals surface area contributed by atoms with Crippen molar-refractivity contribution in [1.29, 1.82) is 0 Å². The number of carbonyl (C=O) groups excluding carboxylic acids is 1. The van der Waals surface area contributed by atoms with Crippen LogP contribution in [0, 0.1) is 6.92 Å². The number of carbonyl (C=O) groups is 1. The number of halogens is 1. The summed E-state index contributed by atoms with van der Waals surface area (Å²) in [6, 6.07) is 1.86. The van der Waals surface area contributed by atoms with E-state index in [2.05, 4.69) is 25.9 Å². The second-order valence-corrected chi connectivity index (χ2v) is 4.72. The summed E-state index contributed by atoms with van der Waals surface area (Å²) in [5.74, 6) is -0.0324. The van der Waals surface area contributed by atoms with Gasteiger partial charge in [0, 0.05) is 10.7 Å². The van der Waals surface area contributed by atoms with Crippen LogP contribution in [0.25, 0.3) is 0 Å². The third-order valence-electron chi connectivity index (χ3n) is 1.98. The van der Waals surface area contributed by atoms with E-state index in [0.29, 0.717) is 16.1 Å². The van der Waals surface area contributed by atoms with Gasteiger partial charge in [-0.3, -0.25) is 4.79 Å². The highest BCUT2D eigenvalue weighted by Gasteiger charge is 2.16. The topological polar surface area (TPSA) is 42.9 Å². The summed E-state index contributed by atoms with van der Waals surface area (Å²) in [7, 11) is 0. The van der Waals surface area contributed by atoms with Crippen molar-refractivity contribution >= 4 is 33.0 Å².